The van der Waals surface area contributed by atoms with Crippen molar-refractivity contribution in [3.63, 3.8) is 0 Å². The molecule has 0 heterocycles. The SMILES string of the molecule is Cc1ccccc1CCN(C)c1ccc(C(=O)O)cc1. The number of nitrogens with zero attached hydrogens (tertiary/aromatic N) is 1. The predicted molar refractivity (Wildman–Crippen MR) is 81.6 cm³/mol. The number of carbonyl (C=O) groups is 1. The van der Waals surface area contributed by atoms with Gasteiger partial charge in [-0.15, -0.1) is 0 Å². The summed E-state index contributed by atoms with van der Waals surface area (Å²) in [4.78, 5) is 13.0. The number of aromatic carboxylic acids is 1. The fraction of sp³-hybridized carbons (Fsp3) is 0.235. The smallest absolute Gasteiger partial charge is 0.335 e. The van der Waals surface area contributed by atoms with Crippen molar-refractivity contribution in [3.05, 3.63) is 65.2 Å². The van der Waals surface area contributed by atoms with Crippen LogP contribution in [0.15, 0.2) is 48.5 Å². The number of carboxylic acid groups (broad SMARTS) is 1. The molecule has 3 heteroatoms. The summed E-state index contributed by atoms with van der Waals surface area (Å²) in [5.41, 5.74) is 4.01. The number of rotatable bonds is 5. The van der Waals surface area contributed by atoms with E-state index in [2.05, 4.69) is 30.0 Å². The van der Waals surface area contributed by atoms with E-state index in [4.69, 9.17) is 5.11 Å². The number of aryl methyl sites for hydroxylation is 1. The van der Waals surface area contributed by atoms with Crippen molar-refractivity contribution >= 4 is 11.7 Å². The van der Waals surface area contributed by atoms with Crippen molar-refractivity contribution < 1.29 is 9.90 Å². The Morgan fingerprint density at radius 2 is 1.75 bits per heavy atom. The number of anilines is 1. The Balaban J connectivity index is 2.00. The van der Waals surface area contributed by atoms with Gasteiger partial charge in [0.15, 0.2) is 0 Å². The van der Waals surface area contributed by atoms with Gasteiger partial charge in [-0.05, 0) is 48.7 Å². The first kappa shape index (κ1) is 14.1. The lowest BCUT2D eigenvalue weighted by atomic mass is 10.1. The van der Waals surface area contributed by atoms with Crippen LogP contribution in [0.3, 0.4) is 0 Å². The van der Waals surface area contributed by atoms with E-state index < -0.39 is 5.97 Å². The van der Waals surface area contributed by atoms with Crippen molar-refractivity contribution in [2.24, 2.45) is 0 Å². The van der Waals surface area contributed by atoms with Crippen LogP contribution in [0.2, 0.25) is 0 Å². The van der Waals surface area contributed by atoms with Crippen LogP contribution in [0.25, 0.3) is 0 Å². The van der Waals surface area contributed by atoms with Crippen LogP contribution in [0, 0.1) is 6.92 Å². The Hall–Kier alpha value is -2.29. The molecule has 0 saturated heterocycles. The molecule has 0 amide bonds. The summed E-state index contributed by atoms with van der Waals surface area (Å²) >= 11 is 0. The second kappa shape index (κ2) is 6.24. The van der Waals surface area contributed by atoms with Gasteiger partial charge in [-0.25, -0.2) is 4.79 Å². The molecule has 2 rings (SSSR count). The molecule has 2 aromatic rings. The zero-order valence-corrected chi connectivity index (χ0v) is 11.8. The zero-order chi connectivity index (χ0) is 14.5. The highest BCUT2D eigenvalue weighted by Gasteiger charge is 2.05. The first-order valence-electron chi connectivity index (χ1n) is 6.67. The number of carboxylic acids is 1. The largest absolute Gasteiger partial charge is 0.478 e. The van der Waals surface area contributed by atoms with Crippen molar-refractivity contribution in [1.82, 2.24) is 0 Å². The van der Waals surface area contributed by atoms with Crippen LogP contribution in [-0.4, -0.2) is 24.7 Å². The average Bonchev–Trinajstić information content (AvgIpc) is 2.46. The monoisotopic (exact) mass is 269 g/mol. The molecular formula is C17H19NO2. The molecule has 104 valence electrons. The highest BCUT2D eigenvalue weighted by atomic mass is 16.4. The van der Waals surface area contributed by atoms with Crippen molar-refractivity contribution in [2.75, 3.05) is 18.5 Å². The average molecular weight is 269 g/mol. The molecule has 0 saturated carbocycles. The van der Waals surface area contributed by atoms with Gasteiger partial charge in [-0.2, -0.15) is 0 Å². The maximum Gasteiger partial charge on any atom is 0.335 e. The van der Waals surface area contributed by atoms with Gasteiger partial charge in [0.05, 0.1) is 5.56 Å². The first-order valence-corrected chi connectivity index (χ1v) is 6.67. The van der Waals surface area contributed by atoms with E-state index in [0.29, 0.717) is 5.56 Å². The van der Waals surface area contributed by atoms with Gasteiger partial charge >= 0.3 is 5.97 Å². The molecule has 0 aliphatic carbocycles. The van der Waals surface area contributed by atoms with Crippen LogP contribution in [-0.2, 0) is 6.42 Å². The first-order chi connectivity index (χ1) is 9.58. The van der Waals surface area contributed by atoms with Gasteiger partial charge in [0.2, 0.25) is 0 Å². The molecule has 1 N–H and O–H groups in total. The van der Waals surface area contributed by atoms with Gasteiger partial charge in [0.1, 0.15) is 0 Å². The summed E-state index contributed by atoms with van der Waals surface area (Å²) < 4.78 is 0. The zero-order valence-electron chi connectivity index (χ0n) is 11.8. The fourth-order valence-electron chi connectivity index (χ4n) is 2.17. The van der Waals surface area contributed by atoms with E-state index >= 15 is 0 Å². The maximum absolute atomic E-state index is 10.8. The number of likely N-dealkylation sites (N-methyl/N-ethyl adjacent to an activating group) is 1. The second-order valence-corrected chi connectivity index (χ2v) is 4.95. The molecule has 20 heavy (non-hydrogen) atoms. The third-order valence-electron chi connectivity index (χ3n) is 3.53. The summed E-state index contributed by atoms with van der Waals surface area (Å²) in [7, 11) is 2.02. The molecular weight excluding hydrogens is 250 g/mol. The number of hydrogen-bond acceptors (Lipinski definition) is 2. The Morgan fingerprint density at radius 1 is 1.10 bits per heavy atom. The van der Waals surface area contributed by atoms with Crippen LogP contribution in [0.4, 0.5) is 5.69 Å². The third-order valence-corrected chi connectivity index (χ3v) is 3.53. The predicted octanol–water partition coefficient (Wildman–Crippen LogP) is 3.37. The van der Waals surface area contributed by atoms with Gasteiger partial charge in [-0.3, -0.25) is 0 Å². The minimum atomic E-state index is -0.890. The lowest BCUT2D eigenvalue weighted by Crippen LogP contribution is -2.20. The molecule has 0 unspecified atom stereocenters. The standard InChI is InChI=1S/C17H19NO2/c1-13-5-3-4-6-14(13)11-12-18(2)16-9-7-15(8-10-16)17(19)20/h3-10H,11-12H2,1-2H3,(H,19,20). The van der Waals surface area contributed by atoms with E-state index in [1.165, 1.54) is 11.1 Å². The van der Waals surface area contributed by atoms with E-state index in [0.717, 1.165) is 18.7 Å². The van der Waals surface area contributed by atoms with Crippen molar-refractivity contribution in [2.45, 2.75) is 13.3 Å². The number of benzene rings is 2. The Labute approximate surface area is 119 Å². The number of hydrogen-bond donors (Lipinski definition) is 1. The van der Waals surface area contributed by atoms with Crippen LogP contribution in [0.5, 0.6) is 0 Å². The molecule has 0 aromatic heterocycles. The molecule has 0 aliphatic heterocycles. The van der Waals surface area contributed by atoms with Gasteiger partial charge in [0, 0.05) is 19.3 Å². The molecule has 0 aliphatic rings. The lowest BCUT2D eigenvalue weighted by molar-refractivity contribution is 0.0697. The molecule has 0 radical (unpaired) electrons. The highest BCUT2D eigenvalue weighted by Crippen LogP contribution is 2.15. The molecule has 0 atom stereocenters. The van der Waals surface area contributed by atoms with Crippen LogP contribution < -0.4 is 4.90 Å². The Kier molecular flexibility index (Phi) is 4.41. The van der Waals surface area contributed by atoms with Gasteiger partial charge < -0.3 is 10.0 Å². The third kappa shape index (κ3) is 3.38. The Morgan fingerprint density at radius 3 is 2.35 bits per heavy atom. The Bertz CT molecular complexity index is 590. The molecule has 0 spiro atoms. The van der Waals surface area contributed by atoms with E-state index in [-0.39, 0.29) is 0 Å². The molecule has 3 nitrogen and oxygen atoms in total. The summed E-state index contributed by atoms with van der Waals surface area (Å²) in [5, 5.41) is 8.88. The second-order valence-electron chi connectivity index (χ2n) is 4.95. The molecule has 0 fully saturated rings. The highest BCUT2D eigenvalue weighted by molar-refractivity contribution is 5.88. The molecule has 2 aromatic carbocycles. The van der Waals surface area contributed by atoms with Crippen LogP contribution >= 0.6 is 0 Å². The summed E-state index contributed by atoms with van der Waals surface area (Å²) in [6, 6.07) is 15.4. The van der Waals surface area contributed by atoms with Crippen molar-refractivity contribution in [1.29, 1.82) is 0 Å². The topological polar surface area (TPSA) is 40.5 Å². The quantitative estimate of drug-likeness (QED) is 0.904. The van der Waals surface area contributed by atoms with Gasteiger partial charge in [-0.1, -0.05) is 24.3 Å². The van der Waals surface area contributed by atoms with Crippen LogP contribution in [0.1, 0.15) is 21.5 Å². The minimum absolute atomic E-state index is 0.320. The maximum atomic E-state index is 10.8. The van der Waals surface area contributed by atoms with E-state index in [1.807, 2.05) is 25.2 Å². The normalized spacial score (nSPS) is 10.3. The van der Waals surface area contributed by atoms with E-state index in [9.17, 15) is 4.79 Å². The summed E-state index contributed by atoms with van der Waals surface area (Å²) in [6.07, 6.45) is 0.976. The summed E-state index contributed by atoms with van der Waals surface area (Å²) in [6.45, 7) is 3.02. The van der Waals surface area contributed by atoms with E-state index in [1.54, 1.807) is 12.1 Å². The lowest BCUT2D eigenvalue weighted by Gasteiger charge is -2.20. The minimum Gasteiger partial charge on any atom is -0.478 e. The van der Waals surface area contributed by atoms with Gasteiger partial charge in [0.25, 0.3) is 0 Å². The van der Waals surface area contributed by atoms with Crippen molar-refractivity contribution in [3.8, 4) is 0 Å². The molecule has 0 bridgehead atoms. The fourth-order valence-corrected chi connectivity index (χ4v) is 2.17. The summed E-state index contributed by atoms with van der Waals surface area (Å²) in [5.74, 6) is -0.890.